The number of hydrogen-bond donors (Lipinski definition) is 3. The van der Waals surface area contributed by atoms with Crippen LogP contribution in [0.1, 0.15) is 121 Å². The van der Waals surface area contributed by atoms with Crippen LogP contribution in [0.2, 0.25) is 0 Å². The van der Waals surface area contributed by atoms with Crippen molar-refractivity contribution in [2.45, 2.75) is 132 Å². The molecule has 0 unspecified atom stereocenters. The molecule has 0 amide bonds. The summed E-state index contributed by atoms with van der Waals surface area (Å²) in [6.07, 6.45) is 0. The van der Waals surface area contributed by atoms with Crippen LogP contribution in [0.15, 0.2) is 34.1 Å². The fourth-order valence-electron chi connectivity index (χ4n) is 4.39. The van der Waals surface area contributed by atoms with Crippen LogP contribution in [0.25, 0.3) is 0 Å². The topological polar surface area (TPSA) is 87.0 Å². The zero-order chi connectivity index (χ0) is 30.6. The van der Waals surface area contributed by atoms with Crippen molar-refractivity contribution in [2.24, 2.45) is 0 Å². The van der Waals surface area contributed by atoms with E-state index in [1.54, 1.807) is 23.5 Å². The van der Waals surface area contributed by atoms with Crippen molar-refractivity contribution >= 4 is 31.3 Å². The molecule has 0 spiro atoms. The van der Waals surface area contributed by atoms with E-state index in [4.69, 9.17) is 4.52 Å². The first kappa shape index (κ1) is 37.9. The zero-order valence-corrected chi connectivity index (χ0v) is 31.8. The summed E-state index contributed by atoms with van der Waals surface area (Å²) in [4.78, 5) is 21.5. The van der Waals surface area contributed by atoms with Crippen molar-refractivity contribution in [3.05, 3.63) is 46.5 Å². The third kappa shape index (κ3) is 10.3. The molecule has 9 heteroatoms. The summed E-state index contributed by atoms with van der Waals surface area (Å²) < 4.78 is 17.0. The van der Waals surface area contributed by atoms with E-state index in [-0.39, 0.29) is 51.6 Å². The molecule has 0 atom stereocenters. The van der Waals surface area contributed by atoms with Crippen molar-refractivity contribution < 1.29 is 55.0 Å². The molecule has 0 saturated heterocycles. The number of aromatic hydroxyl groups is 1. The maximum Gasteiger partial charge on any atom is 1.00 e. The van der Waals surface area contributed by atoms with Gasteiger partial charge in [-0.05, 0) is 59.8 Å². The van der Waals surface area contributed by atoms with Gasteiger partial charge in [-0.15, -0.1) is 23.5 Å². The van der Waals surface area contributed by atoms with E-state index in [1.807, 2.05) is 53.7 Å². The SMILES string of the molecule is CC(C)(Sc1cc(C(C)(C)C)c(O)c(C(C)(C)C)c1)Sc1cc(C(C)(C)C)c(OP(=O)(O)O)c(C(C)(C)C)c1.[H-].[Na+]. The van der Waals surface area contributed by atoms with E-state index < -0.39 is 18.7 Å². The molecule has 5 nitrogen and oxygen atoms in total. The molecule has 0 bridgehead atoms. The first-order valence-corrected chi connectivity index (χ1v) is 16.5. The van der Waals surface area contributed by atoms with Gasteiger partial charge in [0.1, 0.15) is 11.5 Å². The Balaban J connectivity index is 0.00000800. The number of phenolic OH excluding ortho intramolecular Hbond substituents is 1. The molecular weight excluding hydrogens is 570 g/mol. The van der Waals surface area contributed by atoms with Crippen LogP contribution in [0.3, 0.4) is 0 Å². The molecule has 40 heavy (non-hydrogen) atoms. The van der Waals surface area contributed by atoms with Gasteiger partial charge in [0.25, 0.3) is 0 Å². The minimum absolute atomic E-state index is 0. The van der Waals surface area contributed by atoms with Crippen LogP contribution in [0, 0.1) is 0 Å². The van der Waals surface area contributed by atoms with Crippen LogP contribution in [0.5, 0.6) is 11.5 Å². The van der Waals surface area contributed by atoms with Gasteiger partial charge in [-0.2, -0.15) is 0 Å². The van der Waals surface area contributed by atoms with Crippen LogP contribution in [-0.4, -0.2) is 19.0 Å². The third-order valence-corrected chi connectivity index (χ3v) is 9.16. The number of hydrogen-bond acceptors (Lipinski definition) is 5. The predicted octanol–water partition coefficient (Wildman–Crippen LogP) is 6.79. The monoisotopic (exact) mass is 620 g/mol. The maximum atomic E-state index is 11.9. The van der Waals surface area contributed by atoms with E-state index in [9.17, 15) is 19.5 Å². The minimum atomic E-state index is -4.76. The van der Waals surface area contributed by atoms with E-state index in [0.29, 0.717) is 5.75 Å². The van der Waals surface area contributed by atoms with Gasteiger partial charge in [0.2, 0.25) is 0 Å². The number of phenols is 1. The standard InChI is InChI=1S/C31H49O5PS2.Na.H/c1-27(2,3)21-15-19(16-22(25(21)32)28(4,5)6)38-31(13,14)39-20-17-23(29(7,8)9)26(36-37(33,34)35)24(18-20)30(10,11)12;;/h15-18,32H,1-14H3,(H2,33,34,35);;/q;+1;-1. The average Bonchev–Trinajstić information content (AvgIpc) is 2.65. The Morgan fingerprint density at radius 3 is 1.15 bits per heavy atom. The Hall–Kier alpha value is -0.110. The quantitative estimate of drug-likeness (QED) is 0.142. The van der Waals surface area contributed by atoms with Gasteiger partial charge in [0, 0.05) is 32.0 Å². The molecule has 3 N–H and O–H groups in total. The second-order valence-corrected chi connectivity index (χ2v) is 19.7. The largest absolute Gasteiger partial charge is 1.00 e. The fraction of sp³-hybridized carbons (Fsp3) is 0.613. The zero-order valence-electron chi connectivity index (χ0n) is 28.2. The van der Waals surface area contributed by atoms with Crippen LogP contribution >= 0.6 is 31.3 Å². The van der Waals surface area contributed by atoms with Crippen molar-refractivity contribution in [1.29, 1.82) is 0 Å². The third-order valence-electron chi connectivity index (χ3n) is 6.32. The van der Waals surface area contributed by atoms with Crippen molar-refractivity contribution in [1.82, 2.24) is 0 Å². The summed E-state index contributed by atoms with van der Waals surface area (Å²) in [6.45, 7) is 29.2. The van der Waals surface area contributed by atoms with Gasteiger partial charge in [-0.1, -0.05) is 83.1 Å². The molecule has 0 radical (unpaired) electrons. The van der Waals surface area contributed by atoms with Gasteiger partial charge in [-0.25, -0.2) is 4.57 Å². The summed E-state index contributed by atoms with van der Waals surface area (Å²) in [5.74, 6) is 0.636. The second-order valence-electron chi connectivity index (χ2n) is 14.9. The molecule has 0 heterocycles. The van der Waals surface area contributed by atoms with Crippen molar-refractivity contribution in [3.63, 3.8) is 0 Å². The molecule has 0 fully saturated rings. The minimum Gasteiger partial charge on any atom is -1.00 e. The maximum absolute atomic E-state index is 11.9. The van der Waals surface area contributed by atoms with Crippen molar-refractivity contribution in [2.75, 3.05) is 0 Å². The predicted molar refractivity (Wildman–Crippen MR) is 169 cm³/mol. The van der Waals surface area contributed by atoms with Crippen LogP contribution in [0.4, 0.5) is 0 Å². The summed E-state index contributed by atoms with van der Waals surface area (Å²) in [7, 11) is -4.76. The van der Waals surface area contributed by atoms with Crippen LogP contribution < -0.4 is 34.1 Å². The molecule has 2 aromatic rings. The van der Waals surface area contributed by atoms with Crippen LogP contribution in [-0.2, 0) is 26.2 Å². The van der Waals surface area contributed by atoms with Gasteiger partial charge >= 0.3 is 37.4 Å². The second kappa shape index (κ2) is 12.5. The molecule has 2 aromatic carbocycles. The summed E-state index contributed by atoms with van der Waals surface area (Å²) in [5.41, 5.74) is 2.15. The molecule has 0 saturated carbocycles. The van der Waals surface area contributed by atoms with E-state index in [1.165, 1.54) is 0 Å². The Labute approximate surface area is 275 Å². The average molecular weight is 621 g/mol. The molecule has 0 aliphatic carbocycles. The molecule has 0 aliphatic heterocycles. The molecule has 222 valence electrons. The molecule has 0 aliphatic rings. The summed E-state index contributed by atoms with van der Waals surface area (Å²) in [6, 6.07) is 8.22. The Kier molecular flexibility index (Phi) is 11.8. The Morgan fingerprint density at radius 1 is 0.625 bits per heavy atom. The number of rotatable bonds is 6. The first-order valence-electron chi connectivity index (χ1n) is 13.3. The van der Waals surface area contributed by atoms with Gasteiger partial charge in [-0.3, -0.25) is 9.79 Å². The van der Waals surface area contributed by atoms with Gasteiger partial charge in [0.15, 0.2) is 0 Å². The van der Waals surface area contributed by atoms with Gasteiger partial charge in [0.05, 0.1) is 4.08 Å². The van der Waals surface area contributed by atoms with E-state index >= 15 is 0 Å². The fourth-order valence-corrected chi connectivity index (χ4v) is 7.41. The van der Waals surface area contributed by atoms with E-state index in [0.717, 1.165) is 32.0 Å². The molecule has 0 aromatic heterocycles. The Bertz CT molecular complexity index is 1190. The smallest absolute Gasteiger partial charge is 1.00 e. The normalized spacial score (nSPS) is 13.7. The molecular formula is C31H50NaO5PS2. The van der Waals surface area contributed by atoms with E-state index in [2.05, 4.69) is 67.5 Å². The van der Waals surface area contributed by atoms with Gasteiger partial charge < -0.3 is 11.1 Å². The summed E-state index contributed by atoms with van der Waals surface area (Å²) in [5, 5.41) is 11.2. The number of thioether (sulfide) groups is 2. The molecule has 2 rings (SSSR count). The van der Waals surface area contributed by atoms with Crippen molar-refractivity contribution in [3.8, 4) is 11.5 Å². The number of phosphoric acid groups is 1. The number of phosphoric ester groups is 1. The number of benzene rings is 2. The first-order chi connectivity index (χ1) is 17.1. The Morgan fingerprint density at radius 2 is 0.900 bits per heavy atom. The summed E-state index contributed by atoms with van der Waals surface area (Å²) >= 11 is 3.46.